The molecule has 14 heteroatoms. The quantitative estimate of drug-likeness (QED) is 0.207. The zero-order chi connectivity index (χ0) is 35.7. The second kappa shape index (κ2) is 16.8. The van der Waals surface area contributed by atoms with E-state index in [-0.39, 0.29) is 42.2 Å². The number of amides is 3. The molecule has 0 aromatic heterocycles. The monoisotopic (exact) mass is 707 g/mol. The largest absolute Gasteiger partial charge is 0.493 e. The van der Waals surface area contributed by atoms with Gasteiger partial charge < -0.3 is 30.5 Å². The van der Waals surface area contributed by atoms with E-state index < -0.39 is 33.9 Å². The number of ether oxygens (including phenoxy) is 2. The molecule has 2 atom stereocenters. The van der Waals surface area contributed by atoms with Crippen LogP contribution in [0.4, 0.5) is 10.5 Å². The molecule has 2 aliphatic rings. The molecule has 3 aromatic carbocycles. The average molecular weight is 708 g/mol. The summed E-state index contributed by atoms with van der Waals surface area (Å²) in [5.74, 6) is -1.80. The third kappa shape index (κ3) is 9.52. The Balaban J connectivity index is 1.10. The predicted molar refractivity (Wildman–Crippen MR) is 188 cm³/mol. The van der Waals surface area contributed by atoms with E-state index in [1.54, 1.807) is 24.3 Å². The fourth-order valence-electron chi connectivity index (χ4n) is 6.38. The highest BCUT2D eigenvalue weighted by atomic mass is 32.2. The van der Waals surface area contributed by atoms with Crippen molar-refractivity contribution in [2.45, 2.75) is 55.6 Å². The lowest BCUT2D eigenvalue weighted by molar-refractivity contribution is -0.142. The molecule has 4 N–H and O–H groups in total. The number of carboxylic acid groups (broad SMARTS) is 1. The number of anilines is 1. The summed E-state index contributed by atoms with van der Waals surface area (Å²) < 4.78 is 38.6. The van der Waals surface area contributed by atoms with Gasteiger partial charge in [0.25, 0.3) is 0 Å². The van der Waals surface area contributed by atoms with Crippen molar-refractivity contribution < 1.29 is 37.4 Å². The molecule has 0 spiro atoms. The van der Waals surface area contributed by atoms with Crippen LogP contribution in [0.2, 0.25) is 0 Å². The minimum atomic E-state index is -3.95. The topological polar surface area (TPSA) is 167 Å². The van der Waals surface area contributed by atoms with Crippen LogP contribution in [-0.4, -0.2) is 93.1 Å². The maximum absolute atomic E-state index is 13.4. The summed E-state index contributed by atoms with van der Waals surface area (Å²) in [5, 5.41) is 18.4. The number of carboxylic acids is 1. The van der Waals surface area contributed by atoms with E-state index in [2.05, 4.69) is 33.0 Å². The van der Waals surface area contributed by atoms with Gasteiger partial charge in [0.2, 0.25) is 15.9 Å². The Labute approximate surface area is 293 Å². The molecule has 13 nitrogen and oxygen atoms in total. The molecule has 0 radical (unpaired) electrons. The summed E-state index contributed by atoms with van der Waals surface area (Å²) in [5.41, 5.74) is 2.48. The van der Waals surface area contributed by atoms with E-state index in [1.165, 1.54) is 42.3 Å². The van der Waals surface area contributed by atoms with Gasteiger partial charge in [-0.2, -0.15) is 4.31 Å². The van der Waals surface area contributed by atoms with Gasteiger partial charge in [-0.15, -0.1) is 0 Å². The van der Waals surface area contributed by atoms with Gasteiger partial charge >= 0.3 is 12.0 Å². The van der Waals surface area contributed by atoms with Crippen LogP contribution in [0.15, 0.2) is 77.7 Å². The number of rotatable bonds is 13. The summed E-state index contributed by atoms with van der Waals surface area (Å²) in [4.78, 5) is 40.5. The molecular weight excluding hydrogens is 662 g/mol. The summed E-state index contributed by atoms with van der Waals surface area (Å²) in [6.07, 6.45) is 2.58. The molecule has 2 unspecified atom stereocenters. The number of nitrogens with one attached hydrogen (secondary N) is 3. The van der Waals surface area contributed by atoms with Crippen LogP contribution >= 0.6 is 0 Å². The number of benzene rings is 3. The lowest BCUT2D eigenvalue weighted by Gasteiger charge is -2.32. The van der Waals surface area contributed by atoms with Crippen molar-refractivity contribution in [2.75, 3.05) is 45.7 Å². The summed E-state index contributed by atoms with van der Waals surface area (Å²) in [6, 6.07) is 20.0. The Morgan fingerprint density at radius 1 is 0.880 bits per heavy atom. The third-order valence-electron chi connectivity index (χ3n) is 9.19. The van der Waals surface area contributed by atoms with Crippen molar-refractivity contribution in [3.63, 3.8) is 0 Å². The number of aliphatic carboxylic acids is 1. The fourth-order valence-corrected chi connectivity index (χ4v) is 7.92. The van der Waals surface area contributed by atoms with Crippen molar-refractivity contribution in [2.24, 2.45) is 5.92 Å². The number of carbonyl (C=O) groups is 3. The molecular formula is C36H45N5O8S. The number of hydrogen-bond donors (Lipinski definition) is 4. The average Bonchev–Trinajstić information content (AvgIpc) is 3.13. The SMILES string of the molecule is COc1ccc(S(=O)(=O)N2CCCC(C(=O)NC(Cc3ccc(NC(=O)NC4CCN(Cc5ccccc5)CC4)cc3)C(=O)O)C2)cc1OC. The van der Waals surface area contributed by atoms with Gasteiger partial charge in [0.15, 0.2) is 11.5 Å². The highest BCUT2D eigenvalue weighted by Crippen LogP contribution is 2.32. The van der Waals surface area contributed by atoms with Gasteiger partial charge in [-0.1, -0.05) is 42.5 Å². The Kier molecular flexibility index (Phi) is 12.3. The number of piperidine rings is 2. The first-order valence-corrected chi connectivity index (χ1v) is 18.2. The molecule has 3 aromatic rings. The van der Waals surface area contributed by atoms with E-state index in [0.29, 0.717) is 29.8 Å². The first-order valence-electron chi connectivity index (χ1n) is 16.7. The standard InChI is InChI=1S/C36H45N5O8S/c1-48-32-15-14-30(22-33(32)49-2)50(46,47)41-18-6-9-27(24-41)34(42)39-31(35(43)44)21-25-10-12-28(13-11-25)37-36(45)38-29-16-19-40(20-17-29)23-26-7-4-3-5-8-26/h3-5,7-8,10-15,22,27,29,31H,6,9,16-21,23-24H2,1-2H3,(H,39,42)(H,43,44)(H2,37,38,45). The van der Waals surface area contributed by atoms with Gasteiger partial charge in [-0.25, -0.2) is 18.0 Å². The number of urea groups is 1. The lowest BCUT2D eigenvalue weighted by Crippen LogP contribution is -2.50. The molecule has 2 fully saturated rings. The zero-order valence-corrected chi connectivity index (χ0v) is 29.2. The number of methoxy groups -OCH3 is 2. The van der Waals surface area contributed by atoms with E-state index in [1.807, 2.05) is 18.2 Å². The Morgan fingerprint density at radius 2 is 1.58 bits per heavy atom. The van der Waals surface area contributed by atoms with E-state index in [4.69, 9.17) is 9.47 Å². The van der Waals surface area contributed by atoms with Crippen LogP contribution in [0.25, 0.3) is 0 Å². The number of carbonyl (C=O) groups excluding carboxylic acids is 2. The minimum absolute atomic E-state index is 0.00916. The molecule has 0 bridgehead atoms. The molecule has 2 aliphatic heterocycles. The van der Waals surface area contributed by atoms with Gasteiger partial charge in [-0.05, 0) is 61.1 Å². The van der Waals surface area contributed by atoms with Crippen molar-refractivity contribution in [1.29, 1.82) is 0 Å². The van der Waals surface area contributed by atoms with Crippen LogP contribution in [0.5, 0.6) is 11.5 Å². The van der Waals surface area contributed by atoms with Crippen molar-refractivity contribution in [1.82, 2.24) is 19.8 Å². The Morgan fingerprint density at radius 3 is 2.24 bits per heavy atom. The van der Waals surface area contributed by atoms with Gasteiger partial charge in [0, 0.05) is 56.9 Å². The first kappa shape index (κ1) is 36.6. The predicted octanol–water partition coefficient (Wildman–Crippen LogP) is 3.70. The number of hydrogen-bond acceptors (Lipinski definition) is 8. The van der Waals surface area contributed by atoms with Crippen LogP contribution in [0.3, 0.4) is 0 Å². The normalized spacial score (nSPS) is 18.1. The lowest BCUT2D eigenvalue weighted by atomic mass is 9.97. The molecule has 2 heterocycles. The zero-order valence-electron chi connectivity index (χ0n) is 28.3. The Bertz CT molecular complexity index is 1730. The molecule has 0 aliphatic carbocycles. The molecule has 0 saturated carbocycles. The van der Waals surface area contributed by atoms with Crippen LogP contribution < -0.4 is 25.4 Å². The van der Waals surface area contributed by atoms with Crippen LogP contribution in [0.1, 0.15) is 36.8 Å². The molecule has 5 rings (SSSR count). The van der Waals surface area contributed by atoms with Gasteiger partial charge in [-0.3, -0.25) is 9.69 Å². The van der Waals surface area contributed by atoms with E-state index in [9.17, 15) is 27.9 Å². The minimum Gasteiger partial charge on any atom is -0.493 e. The van der Waals surface area contributed by atoms with Gasteiger partial charge in [0.1, 0.15) is 6.04 Å². The number of sulfonamides is 1. The third-order valence-corrected chi connectivity index (χ3v) is 11.0. The highest BCUT2D eigenvalue weighted by Gasteiger charge is 2.35. The van der Waals surface area contributed by atoms with Crippen molar-refractivity contribution in [3.8, 4) is 11.5 Å². The van der Waals surface area contributed by atoms with Crippen molar-refractivity contribution in [3.05, 3.63) is 83.9 Å². The van der Waals surface area contributed by atoms with E-state index >= 15 is 0 Å². The second-order valence-electron chi connectivity index (χ2n) is 12.7. The maximum Gasteiger partial charge on any atom is 0.326 e. The molecule has 3 amide bonds. The van der Waals surface area contributed by atoms with Crippen molar-refractivity contribution >= 4 is 33.6 Å². The summed E-state index contributed by atoms with van der Waals surface area (Å²) in [7, 11) is -1.08. The van der Waals surface area contributed by atoms with E-state index in [0.717, 1.165) is 32.5 Å². The van der Waals surface area contributed by atoms with Gasteiger partial charge in [0.05, 0.1) is 25.0 Å². The highest BCUT2D eigenvalue weighted by molar-refractivity contribution is 7.89. The second-order valence-corrected chi connectivity index (χ2v) is 14.6. The smallest absolute Gasteiger partial charge is 0.326 e. The van der Waals surface area contributed by atoms with Crippen LogP contribution in [0, 0.1) is 5.92 Å². The van der Waals surface area contributed by atoms with Crippen LogP contribution in [-0.2, 0) is 32.6 Å². The Hall–Kier alpha value is -4.66. The number of nitrogens with zero attached hydrogens (tertiary/aromatic N) is 2. The summed E-state index contributed by atoms with van der Waals surface area (Å²) in [6.45, 7) is 2.84. The molecule has 50 heavy (non-hydrogen) atoms. The first-order chi connectivity index (χ1) is 24.0. The maximum atomic E-state index is 13.4. The molecule has 2 saturated heterocycles. The fraction of sp³-hybridized carbons (Fsp3) is 0.417. The summed E-state index contributed by atoms with van der Waals surface area (Å²) >= 11 is 0. The number of likely N-dealkylation sites (tertiary alicyclic amines) is 1. The molecule has 268 valence electrons.